The Morgan fingerprint density at radius 2 is 1.64 bits per heavy atom. The van der Waals surface area contributed by atoms with E-state index in [4.69, 9.17) is 0 Å². The van der Waals surface area contributed by atoms with Crippen molar-refractivity contribution in [1.82, 2.24) is 0 Å². The molecule has 0 aliphatic heterocycles. The first-order chi connectivity index (χ1) is 6.47. The fourth-order valence-electron chi connectivity index (χ4n) is 1.33. The first-order valence-corrected chi connectivity index (χ1v) is 4.92. The molecule has 0 atom stereocenters. The summed E-state index contributed by atoms with van der Waals surface area (Å²) in [5.41, 5.74) is 1.64. The fraction of sp³-hybridized carbons (Fsp3) is 0.500. The summed E-state index contributed by atoms with van der Waals surface area (Å²) >= 11 is 0. The summed E-state index contributed by atoms with van der Waals surface area (Å²) in [4.78, 5) is 10.6. The number of nitrogens with zero attached hydrogens (tertiary/aromatic N) is 1. The molecule has 0 aliphatic rings. The van der Waals surface area contributed by atoms with Crippen LogP contribution < -0.4 is 0 Å². The average molecular weight is 191 g/mol. The largest absolute Gasteiger partial charge is 0.150 e. The van der Waals surface area contributed by atoms with Gasteiger partial charge >= 0.3 is 0 Å². The van der Waals surface area contributed by atoms with E-state index in [9.17, 15) is 4.91 Å². The third-order valence-electron chi connectivity index (χ3n) is 2.51. The van der Waals surface area contributed by atoms with Crippen LogP contribution in [0.2, 0.25) is 0 Å². The van der Waals surface area contributed by atoms with Gasteiger partial charge in [-0.2, -0.15) is 0 Å². The molecule has 1 rings (SSSR count). The van der Waals surface area contributed by atoms with Crippen molar-refractivity contribution in [2.75, 3.05) is 0 Å². The second-order valence-electron chi connectivity index (χ2n) is 4.43. The Morgan fingerprint density at radius 3 is 2.00 bits per heavy atom. The lowest BCUT2D eigenvalue weighted by atomic mass is 9.93. The van der Waals surface area contributed by atoms with Gasteiger partial charge in [-0.05, 0) is 30.9 Å². The molecule has 0 radical (unpaired) electrons. The third-order valence-corrected chi connectivity index (χ3v) is 2.51. The van der Waals surface area contributed by atoms with E-state index >= 15 is 0 Å². The molecule has 76 valence electrons. The van der Waals surface area contributed by atoms with Gasteiger partial charge < -0.3 is 0 Å². The molecule has 2 nitrogen and oxygen atoms in total. The molecule has 0 aliphatic carbocycles. The molecule has 0 amide bonds. The van der Waals surface area contributed by atoms with Crippen molar-refractivity contribution in [3.8, 4) is 0 Å². The molecule has 2 heteroatoms. The van der Waals surface area contributed by atoms with Crippen molar-refractivity contribution in [2.24, 2.45) is 5.18 Å². The summed E-state index contributed by atoms with van der Waals surface area (Å²) in [5, 5.41) is 3.12. The van der Waals surface area contributed by atoms with Crippen LogP contribution in [-0.2, 0) is 5.54 Å². The van der Waals surface area contributed by atoms with Gasteiger partial charge in [0.15, 0.2) is 0 Å². The Bertz CT molecular complexity index is 312. The summed E-state index contributed by atoms with van der Waals surface area (Å²) in [6.07, 6.45) is 0. The minimum absolute atomic E-state index is 0.524. The maximum Gasteiger partial charge on any atom is 0.122 e. The first kappa shape index (κ1) is 10.9. The summed E-state index contributed by atoms with van der Waals surface area (Å²) in [5.74, 6) is 0.524. The van der Waals surface area contributed by atoms with E-state index in [0.29, 0.717) is 5.92 Å². The Balaban J connectivity index is 2.99. The van der Waals surface area contributed by atoms with Crippen molar-refractivity contribution < 1.29 is 0 Å². The highest BCUT2D eigenvalue weighted by molar-refractivity contribution is 5.29. The lowest BCUT2D eigenvalue weighted by molar-refractivity contribution is 0.552. The summed E-state index contributed by atoms with van der Waals surface area (Å²) < 4.78 is 0. The summed E-state index contributed by atoms with van der Waals surface area (Å²) in [6.45, 7) is 7.95. The van der Waals surface area contributed by atoms with Gasteiger partial charge in [-0.3, -0.25) is 0 Å². The van der Waals surface area contributed by atoms with Crippen molar-refractivity contribution in [3.63, 3.8) is 0 Å². The van der Waals surface area contributed by atoms with E-state index in [1.807, 2.05) is 26.0 Å². The zero-order valence-electron chi connectivity index (χ0n) is 9.24. The Hall–Kier alpha value is -1.18. The minimum atomic E-state index is -0.616. The van der Waals surface area contributed by atoms with Gasteiger partial charge in [-0.1, -0.05) is 43.3 Å². The highest BCUT2D eigenvalue weighted by Crippen LogP contribution is 2.25. The molecule has 0 fully saturated rings. The van der Waals surface area contributed by atoms with Gasteiger partial charge in [0.2, 0.25) is 0 Å². The molecule has 0 aromatic heterocycles. The Labute approximate surface area is 85.3 Å². The van der Waals surface area contributed by atoms with E-state index in [0.717, 1.165) is 5.56 Å². The second-order valence-corrected chi connectivity index (χ2v) is 4.43. The standard InChI is InChI=1S/C12H17NO/c1-9(2)10-5-7-11(8-6-10)12(3,4)13-14/h5-9H,1-4H3. The van der Waals surface area contributed by atoms with Gasteiger partial charge in [0.05, 0.1) is 0 Å². The van der Waals surface area contributed by atoms with Crippen LogP contribution in [0.15, 0.2) is 29.4 Å². The fourth-order valence-corrected chi connectivity index (χ4v) is 1.33. The van der Waals surface area contributed by atoms with Crippen LogP contribution in [0.5, 0.6) is 0 Å². The molecule has 1 aromatic carbocycles. The molecular weight excluding hydrogens is 174 g/mol. The van der Waals surface area contributed by atoms with E-state index in [2.05, 4.69) is 31.2 Å². The second kappa shape index (κ2) is 3.91. The molecule has 0 saturated heterocycles. The summed E-state index contributed by atoms with van der Waals surface area (Å²) in [7, 11) is 0. The van der Waals surface area contributed by atoms with Crippen LogP contribution in [0.1, 0.15) is 44.7 Å². The monoisotopic (exact) mass is 191 g/mol. The lowest BCUT2D eigenvalue weighted by Gasteiger charge is -2.16. The van der Waals surface area contributed by atoms with Crippen LogP contribution in [0.25, 0.3) is 0 Å². The van der Waals surface area contributed by atoms with Crippen LogP contribution in [0, 0.1) is 4.91 Å². The van der Waals surface area contributed by atoms with Crippen LogP contribution in [0.4, 0.5) is 0 Å². The Morgan fingerprint density at radius 1 is 1.14 bits per heavy atom. The van der Waals surface area contributed by atoms with Crippen molar-refractivity contribution in [1.29, 1.82) is 0 Å². The molecule has 0 spiro atoms. The molecule has 0 N–H and O–H groups in total. The first-order valence-electron chi connectivity index (χ1n) is 4.92. The van der Waals surface area contributed by atoms with E-state index < -0.39 is 5.54 Å². The minimum Gasteiger partial charge on any atom is -0.150 e. The molecule has 0 bridgehead atoms. The van der Waals surface area contributed by atoms with Gasteiger partial charge in [-0.25, -0.2) is 0 Å². The zero-order valence-corrected chi connectivity index (χ0v) is 9.24. The van der Waals surface area contributed by atoms with Crippen molar-refractivity contribution in [3.05, 3.63) is 40.3 Å². The molecule has 0 saturated carbocycles. The number of rotatable bonds is 3. The molecule has 0 heterocycles. The SMILES string of the molecule is CC(C)c1ccc(C(C)(C)N=O)cc1. The van der Waals surface area contributed by atoms with Crippen LogP contribution in [-0.4, -0.2) is 0 Å². The maximum absolute atomic E-state index is 10.6. The van der Waals surface area contributed by atoms with E-state index in [1.165, 1.54) is 5.56 Å². The zero-order chi connectivity index (χ0) is 10.8. The van der Waals surface area contributed by atoms with Crippen molar-refractivity contribution in [2.45, 2.75) is 39.2 Å². The molecule has 1 aromatic rings. The smallest absolute Gasteiger partial charge is 0.122 e. The molecule has 0 unspecified atom stereocenters. The highest BCUT2D eigenvalue weighted by Gasteiger charge is 2.20. The predicted octanol–water partition coefficient (Wildman–Crippen LogP) is 3.81. The number of hydrogen-bond donors (Lipinski definition) is 0. The van der Waals surface area contributed by atoms with E-state index in [1.54, 1.807) is 0 Å². The Kier molecular flexibility index (Phi) is 3.04. The average Bonchev–Trinajstić information content (AvgIpc) is 2.18. The molecular formula is C12H17NO. The molecule has 14 heavy (non-hydrogen) atoms. The van der Waals surface area contributed by atoms with Crippen molar-refractivity contribution >= 4 is 0 Å². The van der Waals surface area contributed by atoms with Gasteiger partial charge in [0, 0.05) is 0 Å². The number of nitroso groups, excluding NO2 is 1. The maximum atomic E-state index is 10.6. The highest BCUT2D eigenvalue weighted by atomic mass is 16.3. The van der Waals surface area contributed by atoms with Crippen LogP contribution in [0.3, 0.4) is 0 Å². The quantitative estimate of drug-likeness (QED) is 0.668. The van der Waals surface area contributed by atoms with Crippen LogP contribution >= 0.6 is 0 Å². The predicted molar refractivity (Wildman–Crippen MR) is 59.4 cm³/mol. The van der Waals surface area contributed by atoms with Gasteiger partial charge in [0.25, 0.3) is 0 Å². The normalized spacial score (nSPS) is 11.8. The number of benzene rings is 1. The van der Waals surface area contributed by atoms with E-state index in [-0.39, 0.29) is 0 Å². The third kappa shape index (κ3) is 2.19. The number of hydrogen-bond acceptors (Lipinski definition) is 2. The summed E-state index contributed by atoms with van der Waals surface area (Å²) in [6, 6.07) is 8.09. The van der Waals surface area contributed by atoms with Gasteiger partial charge in [0.1, 0.15) is 5.54 Å². The lowest BCUT2D eigenvalue weighted by Crippen LogP contribution is -2.12. The van der Waals surface area contributed by atoms with Gasteiger partial charge in [-0.15, -0.1) is 4.91 Å². The topological polar surface area (TPSA) is 29.4 Å².